The van der Waals surface area contributed by atoms with Crippen LogP contribution in [0, 0.1) is 0 Å². The number of hydrogen-bond donors (Lipinski definition) is 1. The molecule has 0 spiro atoms. The lowest BCUT2D eigenvalue weighted by Crippen LogP contribution is -2.37. The minimum Gasteiger partial charge on any atom is -0.378 e. The van der Waals surface area contributed by atoms with E-state index in [0.717, 1.165) is 29.3 Å². The Morgan fingerprint density at radius 2 is 2.09 bits per heavy atom. The van der Waals surface area contributed by atoms with Crippen molar-refractivity contribution in [3.8, 4) is 0 Å². The Balaban J connectivity index is 1.77. The van der Waals surface area contributed by atoms with Crippen LogP contribution in [-0.4, -0.2) is 32.2 Å². The van der Waals surface area contributed by atoms with E-state index < -0.39 is 0 Å². The lowest BCUT2D eigenvalue weighted by atomic mass is 10.2. The van der Waals surface area contributed by atoms with Gasteiger partial charge in [-0.1, -0.05) is 23.7 Å². The Hall–Kier alpha value is -1.56. The fourth-order valence-electron chi connectivity index (χ4n) is 2.49. The molecular weight excluding hydrogens is 320 g/mol. The van der Waals surface area contributed by atoms with Gasteiger partial charge in [0.15, 0.2) is 0 Å². The van der Waals surface area contributed by atoms with E-state index in [2.05, 4.69) is 10.2 Å². The average Bonchev–Trinajstić information content (AvgIpc) is 3.01. The van der Waals surface area contributed by atoms with Gasteiger partial charge in [-0.2, -0.15) is 0 Å². The minimum absolute atomic E-state index is 0.0285. The van der Waals surface area contributed by atoms with Crippen molar-refractivity contribution in [1.82, 2.24) is 0 Å². The highest BCUT2D eigenvalue weighted by molar-refractivity contribution is 7.10. The standard InChI is InChI=1S/C16H17ClN2O2S/c17-13-4-1-5-14(16(13)19-6-8-21-9-7-19)18-15(20)11-12-3-2-10-22-12/h1-5,10H,6-9,11H2,(H,18,20). The number of ether oxygens (including phenoxy) is 1. The lowest BCUT2D eigenvalue weighted by Gasteiger charge is -2.31. The molecule has 2 aromatic rings. The van der Waals surface area contributed by atoms with Gasteiger partial charge >= 0.3 is 0 Å². The van der Waals surface area contributed by atoms with Crippen molar-refractivity contribution in [3.05, 3.63) is 45.6 Å². The van der Waals surface area contributed by atoms with Gasteiger partial charge in [0.25, 0.3) is 0 Å². The number of halogens is 1. The SMILES string of the molecule is O=C(Cc1cccs1)Nc1cccc(Cl)c1N1CCOCC1. The molecule has 0 bridgehead atoms. The largest absolute Gasteiger partial charge is 0.378 e. The molecule has 1 N–H and O–H groups in total. The number of rotatable bonds is 4. The quantitative estimate of drug-likeness (QED) is 0.930. The van der Waals surface area contributed by atoms with Crippen molar-refractivity contribution in [2.24, 2.45) is 0 Å². The van der Waals surface area contributed by atoms with Gasteiger partial charge in [-0.3, -0.25) is 4.79 Å². The van der Waals surface area contributed by atoms with Crippen LogP contribution in [-0.2, 0) is 16.0 Å². The third-order valence-corrected chi connectivity index (χ3v) is 4.68. The molecule has 6 heteroatoms. The maximum absolute atomic E-state index is 12.2. The molecule has 22 heavy (non-hydrogen) atoms. The summed E-state index contributed by atoms with van der Waals surface area (Å²) in [6.07, 6.45) is 0.382. The number of benzene rings is 1. The van der Waals surface area contributed by atoms with E-state index in [0.29, 0.717) is 24.7 Å². The molecule has 0 radical (unpaired) electrons. The van der Waals surface area contributed by atoms with Gasteiger partial charge in [0.2, 0.25) is 5.91 Å². The Morgan fingerprint density at radius 1 is 1.27 bits per heavy atom. The van der Waals surface area contributed by atoms with Crippen LogP contribution in [0.15, 0.2) is 35.7 Å². The molecule has 116 valence electrons. The number of carbonyl (C=O) groups is 1. The number of para-hydroxylation sites is 1. The Labute approximate surface area is 138 Å². The molecule has 2 heterocycles. The summed E-state index contributed by atoms with van der Waals surface area (Å²) in [5.74, 6) is -0.0285. The van der Waals surface area contributed by atoms with E-state index in [1.54, 1.807) is 11.3 Å². The number of nitrogens with zero attached hydrogens (tertiary/aromatic N) is 1. The maximum atomic E-state index is 12.2. The molecule has 1 aromatic carbocycles. The van der Waals surface area contributed by atoms with E-state index in [1.807, 2.05) is 35.7 Å². The van der Waals surface area contributed by atoms with Gasteiger partial charge < -0.3 is 15.0 Å². The first-order valence-corrected chi connectivity index (χ1v) is 8.43. The number of nitrogens with one attached hydrogen (secondary N) is 1. The van der Waals surface area contributed by atoms with Crippen LogP contribution < -0.4 is 10.2 Å². The zero-order valence-electron chi connectivity index (χ0n) is 12.0. The highest BCUT2D eigenvalue weighted by Crippen LogP contribution is 2.34. The van der Waals surface area contributed by atoms with Crippen LogP contribution in [0.2, 0.25) is 5.02 Å². The average molecular weight is 337 g/mol. The minimum atomic E-state index is -0.0285. The second-order valence-corrected chi connectivity index (χ2v) is 6.48. The fourth-order valence-corrected chi connectivity index (χ4v) is 3.49. The molecule has 0 aliphatic carbocycles. The summed E-state index contributed by atoms with van der Waals surface area (Å²) in [4.78, 5) is 15.4. The zero-order valence-corrected chi connectivity index (χ0v) is 13.6. The molecule has 4 nitrogen and oxygen atoms in total. The van der Waals surface area contributed by atoms with E-state index in [9.17, 15) is 4.79 Å². The van der Waals surface area contributed by atoms with E-state index in [-0.39, 0.29) is 5.91 Å². The van der Waals surface area contributed by atoms with Crippen molar-refractivity contribution in [2.75, 3.05) is 36.5 Å². The summed E-state index contributed by atoms with van der Waals surface area (Å²) in [7, 11) is 0. The van der Waals surface area contributed by atoms with Crippen LogP contribution in [0.3, 0.4) is 0 Å². The topological polar surface area (TPSA) is 41.6 Å². The monoisotopic (exact) mass is 336 g/mol. The number of anilines is 2. The van der Waals surface area contributed by atoms with Crippen LogP contribution in [0.1, 0.15) is 4.88 Å². The third-order valence-electron chi connectivity index (χ3n) is 3.50. The Kier molecular flexibility index (Phi) is 4.97. The number of hydrogen-bond acceptors (Lipinski definition) is 4. The number of amides is 1. The van der Waals surface area contributed by atoms with E-state index in [4.69, 9.17) is 16.3 Å². The van der Waals surface area contributed by atoms with Gasteiger partial charge in [0, 0.05) is 18.0 Å². The lowest BCUT2D eigenvalue weighted by molar-refractivity contribution is -0.115. The molecule has 0 unspecified atom stereocenters. The highest BCUT2D eigenvalue weighted by Gasteiger charge is 2.19. The summed E-state index contributed by atoms with van der Waals surface area (Å²) in [5.41, 5.74) is 1.64. The predicted molar refractivity (Wildman–Crippen MR) is 91.1 cm³/mol. The van der Waals surface area contributed by atoms with Gasteiger partial charge in [0.1, 0.15) is 0 Å². The molecule has 3 rings (SSSR count). The number of morpholine rings is 1. The highest BCUT2D eigenvalue weighted by atomic mass is 35.5. The first-order valence-electron chi connectivity index (χ1n) is 7.17. The summed E-state index contributed by atoms with van der Waals surface area (Å²) >= 11 is 7.94. The molecule has 1 aliphatic heterocycles. The molecule has 1 aromatic heterocycles. The second kappa shape index (κ2) is 7.13. The fraction of sp³-hybridized carbons (Fsp3) is 0.312. The first-order chi connectivity index (χ1) is 10.7. The van der Waals surface area contributed by atoms with Gasteiger partial charge in [-0.25, -0.2) is 0 Å². The first kappa shape index (κ1) is 15.3. The van der Waals surface area contributed by atoms with Crippen LogP contribution in [0.25, 0.3) is 0 Å². The predicted octanol–water partition coefficient (Wildman–Crippen LogP) is 3.42. The van der Waals surface area contributed by atoms with Crippen LogP contribution in [0.5, 0.6) is 0 Å². The van der Waals surface area contributed by atoms with Crippen LogP contribution >= 0.6 is 22.9 Å². The summed E-state index contributed by atoms with van der Waals surface area (Å²) in [6.45, 7) is 2.90. The van der Waals surface area contributed by atoms with Gasteiger partial charge in [-0.15, -0.1) is 11.3 Å². The van der Waals surface area contributed by atoms with Crippen molar-refractivity contribution in [3.63, 3.8) is 0 Å². The smallest absolute Gasteiger partial charge is 0.229 e. The van der Waals surface area contributed by atoms with Gasteiger partial charge in [0.05, 0.1) is 36.0 Å². The summed E-state index contributed by atoms with van der Waals surface area (Å²) in [6, 6.07) is 9.51. The van der Waals surface area contributed by atoms with Crippen molar-refractivity contribution in [2.45, 2.75) is 6.42 Å². The third kappa shape index (κ3) is 3.61. The van der Waals surface area contributed by atoms with Gasteiger partial charge in [-0.05, 0) is 23.6 Å². The maximum Gasteiger partial charge on any atom is 0.229 e. The van der Waals surface area contributed by atoms with Crippen molar-refractivity contribution in [1.29, 1.82) is 0 Å². The van der Waals surface area contributed by atoms with Crippen LogP contribution in [0.4, 0.5) is 11.4 Å². The Morgan fingerprint density at radius 3 is 2.82 bits per heavy atom. The van der Waals surface area contributed by atoms with E-state index >= 15 is 0 Å². The Bertz CT molecular complexity index is 640. The second-order valence-electron chi connectivity index (χ2n) is 5.04. The zero-order chi connectivity index (χ0) is 15.4. The number of thiophene rings is 1. The molecule has 1 fully saturated rings. The molecule has 1 saturated heterocycles. The number of carbonyl (C=O) groups excluding carboxylic acids is 1. The normalized spacial score (nSPS) is 14.9. The molecule has 0 atom stereocenters. The van der Waals surface area contributed by atoms with Crippen molar-refractivity contribution < 1.29 is 9.53 Å². The molecular formula is C16H17ClN2O2S. The van der Waals surface area contributed by atoms with E-state index in [1.165, 1.54) is 0 Å². The van der Waals surface area contributed by atoms with Crippen molar-refractivity contribution >= 4 is 40.2 Å². The summed E-state index contributed by atoms with van der Waals surface area (Å²) < 4.78 is 5.38. The molecule has 0 saturated carbocycles. The summed E-state index contributed by atoms with van der Waals surface area (Å²) in [5, 5.41) is 5.61. The molecule has 1 amide bonds. The molecule has 1 aliphatic rings.